The maximum absolute atomic E-state index is 11.6. The maximum atomic E-state index is 11.6. The standard InChI is InChI=1S/C15H17N3O2S/c19-14(18-10-12-3-1-6-16-9-12)4-2-7-17-15(20)13-5-8-21-11-13/h1,3,5-6,8-9,11H,2,4,7,10H2,(H,17,20)(H,18,19). The van der Waals surface area contributed by atoms with Crippen molar-refractivity contribution >= 4 is 23.2 Å². The molecule has 0 aliphatic carbocycles. The molecule has 110 valence electrons. The molecule has 2 amide bonds. The van der Waals surface area contributed by atoms with Crippen molar-refractivity contribution in [1.82, 2.24) is 15.6 Å². The van der Waals surface area contributed by atoms with Crippen LogP contribution in [-0.2, 0) is 11.3 Å². The van der Waals surface area contributed by atoms with Gasteiger partial charge in [-0.2, -0.15) is 11.3 Å². The molecule has 0 aromatic carbocycles. The quantitative estimate of drug-likeness (QED) is 0.768. The molecule has 2 rings (SSSR count). The predicted molar refractivity (Wildman–Crippen MR) is 82.0 cm³/mol. The molecule has 2 heterocycles. The highest BCUT2D eigenvalue weighted by Gasteiger charge is 2.05. The first-order valence-electron chi connectivity index (χ1n) is 6.71. The van der Waals surface area contributed by atoms with Crippen LogP contribution in [0.4, 0.5) is 0 Å². The van der Waals surface area contributed by atoms with Crippen LogP contribution in [-0.4, -0.2) is 23.3 Å². The van der Waals surface area contributed by atoms with Gasteiger partial charge in [-0.1, -0.05) is 6.07 Å². The van der Waals surface area contributed by atoms with Crippen molar-refractivity contribution in [2.24, 2.45) is 0 Å². The lowest BCUT2D eigenvalue weighted by Gasteiger charge is -2.06. The van der Waals surface area contributed by atoms with Crippen molar-refractivity contribution in [3.8, 4) is 0 Å². The minimum absolute atomic E-state index is 0.0244. The third-order valence-corrected chi connectivity index (χ3v) is 3.55. The molecule has 5 nitrogen and oxygen atoms in total. The molecule has 0 bridgehead atoms. The summed E-state index contributed by atoms with van der Waals surface area (Å²) >= 11 is 1.49. The molecule has 0 aliphatic heterocycles. The Morgan fingerprint density at radius 3 is 2.86 bits per heavy atom. The predicted octanol–water partition coefficient (Wildman–Crippen LogP) is 1.97. The smallest absolute Gasteiger partial charge is 0.252 e. The van der Waals surface area contributed by atoms with Crippen LogP contribution < -0.4 is 10.6 Å². The average Bonchev–Trinajstić information content (AvgIpc) is 3.05. The number of pyridine rings is 1. The van der Waals surface area contributed by atoms with Crippen molar-refractivity contribution in [3.05, 3.63) is 52.5 Å². The van der Waals surface area contributed by atoms with Crippen LogP contribution >= 0.6 is 11.3 Å². The van der Waals surface area contributed by atoms with Gasteiger partial charge in [0.15, 0.2) is 0 Å². The van der Waals surface area contributed by atoms with Gasteiger partial charge < -0.3 is 10.6 Å². The van der Waals surface area contributed by atoms with E-state index in [0.29, 0.717) is 31.5 Å². The van der Waals surface area contributed by atoms with Crippen LogP contribution in [0.25, 0.3) is 0 Å². The van der Waals surface area contributed by atoms with Crippen LogP contribution in [0.1, 0.15) is 28.8 Å². The molecule has 0 aliphatic rings. The van der Waals surface area contributed by atoms with Gasteiger partial charge in [-0.3, -0.25) is 14.6 Å². The summed E-state index contributed by atoms with van der Waals surface area (Å²) in [5, 5.41) is 9.28. The zero-order valence-corrected chi connectivity index (χ0v) is 12.4. The SMILES string of the molecule is O=C(CCCNC(=O)c1ccsc1)NCc1cccnc1. The van der Waals surface area contributed by atoms with E-state index in [1.54, 1.807) is 23.8 Å². The van der Waals surface area contributed by atoms with Crippen LogP contribution in [0.15, 0.2) is 41.4 Å². The van der Waals surface area contributed by atoms with E-state index in [1.165, 1.54) is 11.3 Å². The lowest BCUT2D eigenvalue weighted by atomic mass is 10.2. The van der Waals surface area contributed by atoms with E-state index in [4.69, 9.17) is 0 Å². The number of nitrogens with one attached hydrogen (secondary N) is 2. The van der Waals surface area contributed by atoms with Gasteiger partial charge in [0.1, 0.15) is 0 Å². The van der Waals surface area contributed by atoms with Crippen LogP contribution in [0.2, 0.25) is 0 Å². The summed E-state index contributed by atoms with van der Waals surface area (Å²) in [6.45, 7) is 0.975. The van der Waals surface area contributed by atoms with Crippen LogP contribution in [0.3, 0.4) is 0 Å². The second-order valence-corrected chi connectivity index (χ2v) is 5.29. The summed E-state index contributed by atoms with van der Waals surface area (Å²) in [5.41, 5.74) is 1.64. The lowest BCUT2D eigenvalue weighted by molar-refractivity contribution is -0.121. The topological polar surface area (TPSA) is 71.1 Å². The Hall–Kier alpha value is -2.21. The Bertz CT molecular complexity index is 570. The molecule has 0 radical (unpaired) electrons. The van der Waals surface area contributed by atoms with Crippen molar-refractivity contribution in [2.75, 3.05) is 6.54 Å². The highest BCUT2D eigenvalue weighted by molar-refractivity contribution is 7.08. The van der Waals surface area contributed by atoms with E-state index in [9.17, 15) is 9.59 Å². The maximum Gasteiger partial charge on any atom is 0.252 e. The summed E-state index contributed by atoms with van der Waals surface area (Å²) in [5.74, 6) is -0.115. The first-order valence-corrected chi connectivity index (χ1v) is 7.66. The molecular weight excluding hydrogens is 286 g/mol. The van der Waals surface area contributed by atoms with Crippen LogP contribution in [0, 0.1) is 0 Å². The molecule has 0 saturated heterocycles. The summed E-state index contributed by atoms with van der Waals surface area (Å²) in [7, 11) is 0. The molecule has 2 N–H and O–H groups in total. The normalized spacial score (nSPS) is 10.1. The number of nitrogens with zero attached hydrogens (tertiary/aromatic N) is 1. The molecular formula is C15H17N3O2S. The molecule has 0 spiro atoms. The van der Waals surface area contributed by atoms with Gasteiger partial charge in [0.25, 0.3) is 5.91 Å². The fraction of sp³-hybridized carbons (Fsp3) is 0.267. The van der Waals surface area contributed by atoms with Crippen LogP contribution in [0.5, 0.6) is 0 Å². The Labute approximate surface area is 127 Å². The number of carbonyl (C=O) groups excluding carboxylic acids is 2. The average molecular weight is 303 g/mol. The Morgan fingerprint density at radius 2 is 2.14 bits per heavy atom. The second-order valence-electron chi connectivity index (χ2n) is 4.51. The largest absolute Gasteiger partial charge is 0.352 e. The van der Waals surface area contributed by atoms with Gasteiger partial charge >= 0.3 is 0 Å². The van der Waals surface area contributed by atoms with E-state index in [-0.39, 0.29) is 11.8 Å². The molecule has 2 aromatic rings. The summed E-state index contributed by atoms with van der Waals surface area (Å²) in [6, 6.07) is 5.52. The zero-order valence-electron chi connectivity index (χ0n) is 11.5. The lowest BCUT2D eigenvalue weighted by Crippen LogP contribution is -2.27. The minimum Gasteiger partial charge on any atom is -0.352 e. The number of carbonyl (C=O) groups is 2. The van der Waals surface area contributed by atoms with Gasteiger partial charge in [0, 0.05) is 42.8 Å². The van der Waals surface area contributed by atoms with E-state index < -0.39 is 0 Å². The van der Waals surface area contributed by atoms with Crippen molar-refractivity contribution in [1.29, 1.82) is 0 Å². The molecule has 0 unspecified atom stereocenters. The molecule has 6 heteroatoms. The van der Waals surface area contributed by atoms with Gasteiger partial charge in [0.05, 0.1) is 0 Å². The van der Waals surface area contributed by atoms with Crippen molar-refractivity contribution in [2.45, 2.75) is 19.4 Å². The van der Waals surface area contributed by atoms with Gasteiger partial charge in [-0.25, -0.2) is 0 Å². The fourth-order valence-electron chi connectivity index (χ4n) is 1.74. The Balaban J connectivity index is 1.58. The van der Waals surface area contributed by atoms with Crippen molar-refractivity contribution < 1.29 is 9.59 Å². The second kappa shape index (κ2) is 8.16. The van der Waals surface area contributed by atoms with E-state index in [1.807, 2.05) is 17.5 Å². The third kappa shape index (κ3) is 5.35. The number of amides is 2. The first-order chi connectivity index (χ1) is 10.3. The Kier molecular flexibility index (Phi) is 5.90. The number of hydrogen-bond donors (Lipinski definition) is 2. The zero-order chi connectivity index (χ0) is 14.9. The molecule has 0 fully saturated rings. The van der Waals surface area contributed by atoms with Gasteiger partial charge in [-0.05, 0) is 29.5 Å². The van der Waals surface area contributed by atoms with E-state index in [0.717, 1.165) is 5.56 Å². The summed E-state index contributed by atoms with van der Waals surface area (Å²) < 4.78 is 0. The highest BCUT2D eigenvalue weighted by atomic mass is 32.1. The van der Waals surface area contributed by atoms with E-state index in [2.05, 4.69) is 15.6 Å². The number of aromatic nitrogens is 1. The molecule has 0 atom stereocenters. The summed E-state index contributed by atoms with van der Waals surface area (Å²) in [6.07, 6.45) is 4.43. The molecule has 0 saturated carbocycles. The first kappa shape index (κ1) is 15.2. The third-order valence-electron chi connectivity index (χ3n) is 2.86. The number of thiophene rings is 1. The fourth-order valence-corrected chi connectivity index (χ4v) is 2.37. The van der Waals surface area contributed by atoms with Crippen molar-refractivity contribution in [3.63, 3.8) is 0 Å². The number of rotatable bonds is 7. The Morgan fingerprint density at radius 1 is 1.24 bits per heavy atom. The monoisotopic (exact) mass is 303 g/mol. The van der Waals surface area contributed by atoms with Gasteiger partial charge in [-0.15, -0.1) is 0 Å². The number of hydrogen-bond acceptors (Lipinski definition) is 4. The highest BCUT2D eigenvalue weighted by Crippen LogP contribution is 2.05. The van der Waals surface area contributed by atoms with E-state index >= 15 is 0 Å². The van der Waals surface area contributed by atoms with Gasteiger partial charge in [0.2, 0.25) is 5.91 Å². The summed E-state index contributed by atoms with van der Waals surface area (Å²) in [4.78, 5) is 27.3. The minimum atomic E-state index is -0.0907. The molecule has 21 heavy (non-hydrogen) atoms. The molecule has 2 aromatic heterocycles.